The van der Waals surface area contributed by atoms with Gasteiger partial charge in [-0.3, -0.25) is 14.5 Å². The number of amides is 1. The smallest absolute Gasteiger partial charge is 0.296 e. The van der Waals surface area contributed by atoms with Crippen molar-refractivity contribution in [2.75, 3.05) is 4.90 Å². The number of halogens is 1. The van der Waals surface area contributed by atoms with Gasteiger partial charge >= 0.3 is 0 Å². The van der Waals surface area contributed by atoms with Gasteiger partial charge in [0.25, 0.3) is 5.91 Å². The molecule has 1 aliphatic carbocycles. The number of hydrogen-bond donors (Lipinski definition) is 1. The monoisotopic (exact) mass is 361 g/mol. The second-order valence-corrected chi connectivity index (χ2v) is 6.94. The van der Waals surface area contributed by atoms with E-state index in [-0.39, 0.29) is 17.3 Å². The van der Waals surface area contributed by atoms with Crippen LogP contribution in [0, 0.1) is 5.92 Å². The number of Topliss-reactive ketones (excluding diaryl/α,β-unsaturated/α-hetero) is 1. The molecule has 1 atom stereocenters. The fraction of sp³-hybridized carbons (Fsp3) is 0.250. The van der Waals surface area contributed by atoms with E-state index in [0.29, 0.717) is 15.7 Å². The van der Waals surface area contributed by atoms with Crippen molar-refractivity contribution in [1.29, 1.82) is 0 Å². The molecule has 8 heteroatoms. The molecule has 4 rings (SSSR count). The molecule has 1 fully saturated rings. The summed E-state index contributed by atoms with van der Waals surface area (Å²) < 4.78 is 0. The molecular weight excluding hydrogens is 350 g/mol. The Labute approximate surface area is 146 Å². The maximum Gasteiger partial charge on any atom is 0.296 e. The lowest BCUT2D eigenvalue weighted by Gasteiger charge is -2.24. The van der Waals surface area contributed by atoms with Crippen LogP contribution in [0.15, 0.2) is 41.1 Å². The lowest BCUT2D eigenvalue weighted by Crippen LogP contribution is -2.31. The molecule has 1 amide bonds. The van der Waals surface area contributed by atoms with Gasteiger partial charge in [0, 0.05) is 10.9 Å². The van der Waals surface area contributed by atoms with Crippen LogP contribution in [0.25, 0.3) is 0 Å². The van der Waals surface area contributed by atoms with Gasteiger partial charge in [0.15, 0.2) is 11.5 Å². The van der Waals surface area contributed by atoms with E-state index in [4.69, 9.17) is 11.6 Å². The van der Waals surface area contributed by atoms with E-state index in [0.717, 1.165) is 24.2 Å². The molecule has 2 aliphatic rings. The van der Waals surface area contributed by atoms with Crippen molar-refractivity contribution in [2.24, 2.45) is 5.92 Å². The van der Waals surface area contributed by atoms with E-state index in [1.54, 1.807) is 24.3 Å². The fourth-order valence-electron chi connectivity index (χ4n) is 2.88. The van der Waals surface area contributed by atoms with Crippen molar-refractivity contribution >= 4 is 39.8 Å². The highest BCUT2D eigenvalue weighted by Crippen LogP contribution is 2.46. The Hall–Kier alpha value is -2.25. The Morgan fingerprint density at radius 3 is 2.71 bits per heavy atom. The van der Waals surface area contributed by atoms with Crippen molar-refractivity contribution in [2.45, 2.75) is 18.9 Å². The Bertz CT molecular complexity index is 861. The maximum absolute atomic E-state index is 12.7. The lowest BCUT2D eigenvalue weighted by molar-refractivity contribution is -0.118. The zero-order chi connectivity index (χ0) is 16.8. The van der Waals surface area contributed by atoms with Gasteiger partial charge in [0.05, 0.1) is 11.6 Å². The van der Waals surface area contributed by atoms with Gasteiger partial charge in [-0.05, 0) is 24.5 Å². The van der Waals surface area contributed by atoms with Crippen molar-refractivity contribution < 1.29 is 14.7 Å². The summed E-state index contributed by atoms with van der Waals surface area (Å²) in [5.74, 6) is -1.50. The first kappa shape index (κ1) is 15.3. The molecule has 1 saturated carbocycles. The van der Waals surface area contributed by atoms with Gasteiger partial charge in [-0.25, -0.2) is 0 Å². The molecule has 122 valence electrons. The predicted molar refractivity (Wildman–Crippen MR) is 89.0 cm³/mol. The molecule has 2 aromatic rings. The molecule has 0 spiro atoms. The van der Waals surface area contributed by atoms with Gasteiger partial charge in [0.1, 0.15) is 5.51 Å². The number of rotatable bonds is 4. The Morgan fingerprint density at radius 1 is 1.33 bits per heavy atom. The summed E-state index contributed by atoms with van der Waals surface area (Å²) in [6, 6.07) is 6.19. The van der Waals surface area contributed by atoms with Crippen LogP contribution in [0.2, 0.25) is 5.02 Å². The molecule has 6 nitrogen and oxygen atoms in total. The summed E-state index contributed by atoms with van der Waals surface area (Å²) in [6.07, 6.45) is 1.55. The molecule has 1 aromatic heterocycles. The highest BCUT2D eigenvalue weighted by atomic mass is 35.5. The summed E-state index contributed by atoms with van der Waals surface area (Å²) >= 11 is 7.46. The number of aliphatic hydroxyl groups excluding tert-OH is 1. The predicted octanol–water partition coefficient (Wildman–Crippen LogP) is 3.07. The molecule has 24 heavy (non-hydrogen) atoms. The third kappa shape index (κ3) is 2.32. The summed E-state index contributed by atoms with van der Waals surface area (Å²) in [7, 11) is 0. The number of ketones is 1. The summed E-state index contributed by atoms with van der Waals surface area (Å²) in [5.41, 5.74) is 2.17. The van der Waals surface area contributed by atoms with Crippen molar-refractivity contribution in [1.82, 2.24) is 10.2 Å². The van der Waals surface area contributed by atoms with Crippen LogP contribution >= 0.6 is 22.9 Å². The molecule has 2 heterocycles. The number of aromatic nitrogens is 2. The van der Waals surface area contributed by atoms with Gasteiger partial charge in [-0.2, -0.15) is 0 Å². The van der Waals surface area contributed by atoms with E-state index < -0.39 is 17.7 Å². The second kappa shape index (κ2) is 5.68. The van der Waals surface area contributed by atoms with Gasteiger partial charge in [-0.1, -0.05) is 41.1 Å². The minimum absolute atomic E-state index is 0.103. The maximum atomic E-state index is 12.7. The lowest BCUT2D eigenvalue weighted by atomic mass is 9.94. The number of hydrogen-bond acceptors (Lipinski definition) is 6. The minimum atomic E-state index is -0.785. The average Bonchev–Trinajstić information content (AvgIpc) is 3.23. The minimum Gasteiger partial charge on any atom is -0.503 e. The Morgan fingerprint density at radius 2 is 2.08 bits per heavy atom. The van der Waals surface area contributed by atoms with Crippen LogP contribution in [0.1, 0.15) is 24.4 Å². The number of carbonyl (C=O) groups is 2. The summed E-state index contributed by atoms with van der Waals surface area (Å²) in [4.78, 5) is 26.6. The quantitative estimate of drug-likeness (QED) is 0.904. The van der Waals surface area contributed by atoms with E-state index in [1.165, 1.54) is 10.4 Å². The van der Waals surface area contributed by atoms with Crippen LogP contribution in [0.4, 0.5) is 5.13 Å². The molecule has 1 N–H and O–H groups in total. The highest BCUT2D eigenvalue weighted by Gasteiger charge is 2.49. The first-order valence-electron chi connectivity index (χ1n) is 7.41. The van der Waals surface area contributed by atoms with E-state index >= 15 is 0 Å². The van der Waals surface area contributed by atoms with Gasteiger partial charge in [0.2, 0.25) is 5.13 Å². The Balaban J connectivity index is 1.89. The van der Waals surface area contributed by atoms with Gasteiger partial charge in [-0.15, -0.1) is 10.2 Å². The molecule has 1 aliphatic heterocycles. The fourth-order valence-corrected chi connectivity index (χ4v) is 3.71. The van der Waals surface area contributed by atoms with Crippen molar-refractivity contribution in [3.05, 3.63) is 51.7 Å². The average molecular weight is 362 g/mol. The second-order valence-electron chi connectivity index (χ2n) is 5.72. The topological polar surface area (TPSA) is 83.4 Å². The standard InChI is InChI=1S/C16H12ClN3O3S/c17-10-4-2-1-3-9(10)12-11(13(21)8-5-6-8)14(22)15(23)20(12)16-19-18-7-24-16/h1-4,7-8,12,22H,5-6H2. The first-order chi connectivity index (χ1) is 11.6. The zero-order valence-corrected chi connectivity index (χ0v) is 13.9. The number of benzene rings is 1. The molecule has 0 bridgehead atoms. The van der Waals surface area contributed by atoms with E-state index in [9.17, 15) is 14.7 Å². The zero-order valence-electron chi connectivity index (χ0n) is 12.3. The summed E-state index contributed by atoms with van der Waals surface area (Å²) in [5, 5.41) is 18.8. The normalized spacial score (nSPS) is 20.8. The van der Waals surface area contributed by atoms with Crippen LogP contribution in [-0.2, 0) is 9.59 Å². The first-order valence-corrected chi connectivity index (χ1v) is 8.67. The largest absolute Gasteiger partial charge is 0.503 e. The van der Waals surface area contributed by atoms with E-state index in [1.807, 2.05) is 0 Å². The van der Waals surface area contributed by atoms with Crippen LogP contribution in [0.5, 0.6) is 0 Å². The Kier molecular flexibility index (Phi) is 3.62. The van der Waals surface area contributed by atoms with Crippen molar-refractivity contribution in [3.8, 4) is 0 Å². The van der Waals surface area contributed by atoms with E-state index in [2.05, 4.69) is 10.2 Å². The SMILES string of the molecule is O=C(C1=C(O)C(=O)N(c2nncs2)C1c1ccccc1Cl)C1CC1. The third-order valence-corrected chi connectivity index (χ3v) is 5.21. The highest BCUT2D eigenvalue weighted by molar-refractivity contribution is 7.13. The number of nitrogens with zero attached hydrogens (tertiary/aromatic N) is 3. The van der Waals surface area contributed by atoms with Crippen LogP contribution in [0.3, 0.4) is 0 Å². The molecule has 1 aromatic carbocycles. The van der Waals surface area contributed by atoms with Crippen LogP contribution < -0.4 is 4.90 Å². The van der Waals surface area contributed by atoms with Crippen molar-refractivity contribution in [3.63, 3.8) is 0 Å². The molecular formula is C16H12ClN3O3S. The molecule has 0 saturated heterocycles. The summed E-state index contributed by atoms with van der Waals surface area (Å²) in [6.45, 7) is 0. The molecule has 1 unspecified atom stereocenters. The molecule has 0 radical (unpaired) electrons. The van der Waals surface area contributed by atoms with Gasteiger partial charge < -0.3 is 5.11 Å². The third-order valence-electron chi connectivity index (χ3n) is 4.18. The van der Waals surface area contributed by atoms with Crippen LogP contribution in [-0.4, -0.2) is 27.0 Å². The number of carbonyl (C=O) groups excluding carboxylic acids is 2. The number of aliphatic hydroxyl groups is 1. The number of anilines is 1.